The lowest BCUT2D eigenvalue weighted by molar-refractivity contribution is 0.414. The van der Waals surface area contributed by atoms with Crippen LogP contribution in [0.3, 0.4) is 0 Å². The van der Waals surface area contributed by atoms with E-state index in [0.717, 1.165) is 43.1 Å². The van der Waals surface area contributed by atoms with Crippen LogP contribution in [0.15, 0.2) is 91.1 Å². The third-order valence-electron chi connectivity index (χ3n) is 7.17. The maximum absolute atomic E-state index is 5.51. The molecule has 0 fully saturated rings. The topological polar surface area (TPSA) is 37.4 Å². The van der Waals surface area contributed by atoms with Crippen molar-refractivity contribution in [2.24, 2.45) is 0 Å². The normalized spacial score (nSPS) is 13.8. The number of aryl methyl sites for hydroxylation is 2. The zero-order valence-electron chi connectivity index (χ0n) is 21.9. The zero-order chi connectivity index (χ0) is 25.7. The first kappa shape index (κ1) is 25.4. The Morgan fingerprint density at radius 1 is 0.892 bits per heavy atom. The summed E-state index contributed by atoms with van der Waals surface area (Å²) in [7, 11) is 5.85. The minimum Gasteiger partial charge on any atom is -0.497 e. The molecule has 1 aliphatic carbocycles. The van der Waals surface area contributed by atoms with E-state index in [1.165, 1.54) is 33.5 Å². The molecular weight excluding hydrogens is 474 g/mol. The highest BCUT2D eigenvalue weighted by atomic mass is 32.2. The number of hydrogen-bond donors (Lipinski definition) is 1. The van der Waals surface area contributed by atoms with Crippen molar-refractivity contribution in [3.8, 4) is 5.75 Å². The van der Waals surface area contributed by atoms with Crippen molar-refractivity contribution >= 4 is 17.4 Å². The SMILES string of the molecule is COc1ccc(C2(SCCNCc3cc(N(C)C)ccn3)c3ccccc3CCc3ccccc32)cc1. The Morgan fingerprint density at radius 2 is 1.54 bits per heavy atom. The largest absolute Gasteiger partial charge is 0.497 e. The summed E-state index contributed by atoms with van der Waals surface area (Å²) in [4.78, 5) is 6.66. The molecular formula is C32H35N3OS. The van der Waals surface area contributed by atoms with Gasteiger partial charge in [-0.3, -0.25) is 4.98 Å². The van der Waals surface area contributed by atoms with Gasteiger partial charge in [0.2, 0.25) is 0 Å². The standard InChI is InChI=1S/C32H35N3OS/c1-35(2)28-18-19-34-27(22-28)23-33-20-21-37-32(26-14-16-29(36-3)17-15-26)30-10-6-4-8-24(30)12-13-25-9-5-7-11-31(25)32/h4-11,14-19,22,33H,12-13,20-21,23H2,1-3H3. The van der Waals surface area contributed by atoms with Gasteiger partial charge in [-0.05, 0) is 64.9 Å². The molecule has 37 heavy (non-hydrogen) atoms. The number of thioether (sulfide) groups is 1. The molecule has 0 bridgehead atoms. The number of methoxy groups -OCH3 is 1. The van der Waals surface area contributed by atoms with E-state index >= 15 is 0 Å². The van der Waals surface area contributed by atoms with E-state index in [9.17, 15) is 0 Å². The molecule has 4 nitrogen and oxygen atoms in total. The lowest BCUT2D eigenvalue weighted by Crippen LogP contribution is -2.29. The Morgan fingerprint density at radius 3 is 2.16 bits per heavy atom. The molecule has 1 aliphatic rings. The molecule has 0 saturated heterocycles. The predicted molar refractivity (Wildman–Crippen MR) is 156 cm³/mol. The van der Waals surface area contributed by atoms with Gasteiger partial charge >= 0.3 is 0 Å². The molecule has 0 aliphatic heterocycles. The van der Waals surface area contributed by atoms with Crippen LogP contribution in [0.2, 0.25) is 0 Å². The number of anilines is 1. The van der Waals surface area contributed by atoms with Gasteiger partial charge in [0, 0.05) is 44.8 Å². The molecule has 1 aromatic heterocycles. The van der Waals surface area contributed by atoms with E-state index in [2.05, 4.69) is 108 Å². The Balaban J connectivity index is 1.46. The Hall–Kier alpha value is -3.28. The maximum atomic E-state index is 5.51. The van der Waals surface area contributed by atoms with Crippen LogP contribution in [0.1, 0.15) is 33.5 Å². The van der Waals surface area contributed by atoms with Gasteiger partial charge in [-0.25, -0.2) is 0 Å². The monoisotopic (exact) mass is 509 g/mol. The predicted octanol–water partition coefficient (Wildman–Crippen LogP) is 6.07. The molecule has 190 valence electrons. The third-order valence-corrected chi connectivity index (χ3v) is 8.69. The van der Waals surface area contributed by atoms with Crippen molar-refractivity contribution in [3.05, 3.63) is 125 Å². The lowest BCUT2D eigenvalue weighted by Gasteiger charge is -2.37. The summed E-state index contributed by atoms with van der Waals surface area (Å²) in [6.07, 6.45) is 3.99. The van der Waals surface area contributed by atoms with E-state index in [1.54, 1.807) is 7.11 Å². The average Bonchev–Trinajstić information content (AvgIpc) is 3.08. The molecule has 3 aromatic carbocycles. The molecule has 4 aromatic rings. The smallest absolute Gasteiger partial charge is 0.118 e. The van der Waals surface area contributed by atoms with Gasteiger partial charge in [0.1, 0.15) is 5.75 Å². The first-order valence-corrected chi connectivity index (χ1v) is 13.9. The average molecular weight is 510 g/mol. The van der Waals surface area contributed by atoms with Crippen molar-refractivity contribution < 1.29 is 4.74 Å². The van der Waals surface area contributed by atoms with Gasteiger partial charge in [0.15, 0.2) is 0 Å². The summed E-state index contributed by atoms with van der Waals surface area (Å²) in [5.74, 6) is 1.84. The maximum Gasteiger partial charge on any atom is 0.118 e. The van der Waals surface area contributed by atoms with Gasteiger partial charge in [-0.15, -0.1) is 11.8 Å². The Bertz CT molecular complexity index is 1290. The van der Waals surface area contributed by atoms with Crippen LogP contribution in [0.25, 0.3) is 0 Å². The number of aromatic nitrogens is 1. The molecule has 1 heterocycles. The second-order valence-corrected chi connectivity index (χ2v) is 11.0. The third kappa shape index (κ3) is 5.25. The minimum atomic E-state index is -0.291. The number of rotatable bonds is 9. The number of nitrogens with zero attached hydrogens (tertiary/aromatic N) is 2. The van der Waals surface area contributed by atoms with Crippen LogP contribution in [0.4, 0.5) is 5.69 Å². The molecule has 0 spiro atoms. The van der Waals surface area contributed by atoms with Gasteiger partial charge in [0.25, 0.3) is 0 Å². The minimum absolute atomic E-state index is 0.291. The molecule has 5 rings (SSSR count). The lowest BCUT2D eigenvalue weighted by atomic mass is 9.81. The number of ether oxygens (including phenoxy) is 1. The second-order valence-electron chi connectivity index (χ2n) is 9.65. The summed E-state index contributed by atoms with van der Waals surface area (Å²) >= 11 is 2.02. The van der Waals surface area contributed by atoms with E-state index < -0.39 is 0 Å². The van der Waals surface area contributed by atoms with Crippen molar-refractivity contribution in [1.29, 1.82) is 0 Å². The summed E-state index contributed by atoms with van der Waals surface area (Å²) in [5, 5.41) is 3.64. The van der Waals surface area contributed by atoms with Gasteiger partial charge in [-0.2, -0.15) is 0 Å². The van der Waals surface area contributed by atoms with Gasteiger partial charge < -0.3 is 15.0 Å². The summed E-state index contributed by atoms with van der Waals surface area (Å²) in [5.41, 5.74) is 9.18. The van der Waals surface area contributed by atoms with E-state index in [0.29, 0.717) is 0 Å². The van der Waals surface area contributed by atoms with E-state index in [1.807, 2.05) is 24.0 Å². The zero-order valence-corrected chi connectivity index (χ0v) is 22.7. The van der Waals surface area contributed by atoms with Crippen LogP contribution in [-0.4, -0.2) is 38.5 Å². The Labute approximate surface area is 225 Å². The highest BCUT2D eigenvalue weighted by Gasteiger charge is 2.41. The van der Waals surface area contributed by atoms with Crippen molar-refractivity contribution in [3.63, 3.8) is 0 Å². The molecule has 0 atom stereocenters. The summed E-state index contributed by atoms with van der Waals surface area (Å²) in [6, 6.07) is 30.9. The first-order chi connectivity index (χ1) is 18.1. The molecule has 0 amide bonds. The van der Waals surface area contributed by atoms with Crippen molar-refractivity contribution in [2.45, 2.75) is 24.1 Å². The number of pyridine rings is 1. The summed E-state index contributed by atoms with van der Waals surface area (Å²) < 4.78 is 5.21. The van der Waals surface area contributed by atoms with Crippen LogP contribution < -0.4 is 15.0 Å². The molecule has 5 heteroatoms. The summed E-state index contributed by atoms with van der Waals surface area (Å²) in [6.45, 7) is 1.64. The molecule has 1 N–H and O–H groups in total. The van der Waals surface area contributed by atoms with Crippen molar-refractivity contribution in [2.75, 3.05) is 38.4 Å². The quantitative estimate of drug-likeness (QED) is 0.277. The van der Waals surface area contributed by atoms with Gasteiger partial charge in [0.05, 0.1) is 17.6 Å². The fourth-order valence-electron chi connectivity index (χ4n) is 5.29. The fraction of sp³-hybridized carbons (Fsp3) is 0.281. The van der Waals surface area contributed by atoms with Crippen LogP contribution >= 0.6 is 11.8 Å². The van der Waals surface area contributed by atoms with Gasteiger partial charge in [-0.1, -0.05) is 60.7 Å². The van der Waals surface area contributed by atoms with E-state index in [-0.39, 0.29) is 4.75 Å². The number of benzene rings is 3. The molecule has 0 unspecified atom stereocenters. The number of fused-ring (bicyclic) bond motifs is 2. The second kappa shape index (κ2) is 11.4. The van der Waals surface area contributed by atoms with E-state index in [4.69, 9.17) is 4.74 Å². The fourth-order valence-corrected chi connectivity index (χ4v) is 6.85. The number of nitrogens with one attached hydrogen (secondary N) is 1. The molecule has 0 radical (unpaired) electrons. The van der Waals surface area contributed by atoms with Crippen molar-refractivity contribution in [1.82, 2.24) is 10.3 Å². The Kier molecular flexibility index (Phi) is 7.82. The van der Waals surface area contributed by atoms with Crippen LogP contribution in [0.5, 0.6) is 5.75 Å². The van der Waals surface area contributed by atoms with Crippen LogP contribution in [-0.2, 0) is 24.1 Å². The van der Waals surface area contributed by atoms with Crippen LogP contribution in [0, 0.1) is 0 Å². The number of hydrogen-bond acceptors (Lipinski definition) is 5. The highest BCUT2D eigenvalue weighted by molar-refractivity contribution is 8.00. The highest BCUT2D eigenvalue weighted by Crippen LogP contribution is 2.52. The first-order valence-electron chi connectivity index (χ1n) is 12.9. The molecule has 0 saturated carbocycles.